The minimum Gasteiger partial charge on any atom is -0.465 e. The van der Waals surface area contributed by atoms with Crippen LogP contribution in [0.4, 0.5) is 4.79 Å². The summed E-state index contributed by atoms with van der Waals surface area (Å²) in [6.45, 7) is 0.689. The van der Waals surface area contributed by atoms with Crippen LogP contribution in [0, 0.1) is 0 Å². The van der Waals surface area contributed by atoms with E-state index in [0.717, 1.165) is 28.5 Å². The van der Waals surface area contributed by atoms with Gasteiger partial charge in [0.2, 0.25) is 0 Å². The number of amides is 1. The predicted octanol–water partition coefficient (Wildman–Crippen LogP) is 2.22. The lowest BCUT2D eigenvalue weighted by Gasteiger charge is -2.08. The first-order chi connectivity index (χ1) is 11.3. The van der Waals surface area contributed by atoms with Gasteiger partial charge in [-0.25, -0.2) is 4.79 Å². The number of carbonyl (C=O) groups is 1. The molecule has 0 atom stereocenters. The summed E-state index contributed by atoms with van der Waals surface area (Å²) >= 11 is 0. The molecule has 1 aliphatic heterocycles. The molecule has 3 rings (SSSR count). The van der Waals surface area contributed by atoms with E-state index < -0.39 is 16.2 Å². The molecule has 0 spiro atoms. The molecular formula is C16H16N2O5S. The van der Waals surface area contributed by atoms with Crippen LogP contribution in [0.5, 0.6) is 0 Å². The number of benzene rings is 1. The Morgan fingerprint density at radius 2 is 1.92 bits per heavy atom. The van der Waals surface area contributed by atoms with Gasteiger partial charge in [0.25, 0.3) is 10.1 Å². The van der Waals surface area contributed by atoms with Crippen molar-refractivity contribution in [2.75, 3.05) is 6.26 Å². The van der Waals surface area contributed by atoms with Gasteiger partial charge in [-0.15, -0.1) is 0 Å². The Morgan fingerprint density at radius 3 is 2.54 bits per heavy atom. The van der Waals surface area contributed by atoms with Crippen LogP contribution in [0.3, 0.4) is 0 Å². The minimum atomic E-state index is -3.50. The van der Waals surface area contributed by atoms with Crippen molar-refractivity contribution < 1.29 is 22.5 Å². The molecule has 2 heterocycles. The second kappa shape index (κ2) is 6.21. The standard InChI is InChI=1S/C16H16N2O5S/c1-24(21,22)23-10-15-5-4-12(7-17-15)11-2-3-13-8-18(16(19)20)9-14(13)6-11/h2-7H,8-10H2,1H3,(H,19,20). The van der Waals surface area contributed by atoms with E-state index in [9.17, 15) is 13.2 Å². The first-order valence-corrected chi connectivity index (χ1v) is 9.03. The second-order valence-electron chi connectivity index (χ2n) is 5.63. The van der Waals surface area contributed by atoms with Crippen molar-refractivity contribution in [2.45, 2.75) is 19.7 Å². The number of aromatic nitrogens is 1. The van der Waals surface area contributed by atoms with Crippen LogP contribution in [-0.2, 0) is 34.0 Å². The number of nitrogens with zero attached hydrogens (tertiary/aromatic N) is 2. The summed E-state index contributed by atoms with van der Waals surface area (Å²) < 4.78 is 26.7. The SMILES string of the molecule is CS(=O)(=O)OCc1ccc(-c2ccc3c(c2)CN(C(=O)O)C3)cn1. The van der Waals surface area contributed by atoms with Gasteiger partial charge in [0.15, 0.2) is 0 Å². The molecule has 0 unspecified atom stereocenters. The van der Waals surface area contributed by atoms with Gasteiger partial charge in [-0.05, 0) is 28.8 Å². The molecule has 126 valence electrons. The van der Waals surface area contributed by atoms with E-state index in [-0.39, 0.29) is 6.61 Å². The molecule has 0 saturated carbocycles. The summed E-state index contributed by atoms with van der Waals surface area (Å²) in [4.78, 5) is 16.6. The second-order valence-corrected chi connectivity index (χ2v) is 7.27. The minimum absolute atomic E-state index is 0.100. The van der Waals surface area contributed by atoms with Gasteiger partial charge < -0.3 is 5.11 Å². The zero-order valence-corrected chi connectivity index (χ0v) is 13.8. The third kappa shape index (κ3) is 3.72. The molecule has 1 aliphatic rings. The van der Waals surface area contributed by atoms with Crippen LogP contribution >= 0.6 is 0 Å². The van der Waals surface area contributed by atoms with Crippen molar-refractivity contribution in [3.05, 3.63) is 53.3 Å². The molecule has 1 aromatic carbocycles. The molecule has 0 saturated heterocycles. The summed E-state index contributed by atoms with van der Waals surface area (Å²) in [5.74, 6) is 0. The van der Waals surface area contributed by atoms with Crippen LogP contribution in [0.15, 0.2) is 36.5 Å². The Balaban J connectivity index is 1.76. The fourth-order valence-electron chi connectivity index (χ4n) is 2.56. The Hall–Kier alpha value is -2.45. The molecule has 1 N–H and O–H groups in total. The zero-order chi connectivity index (χ0) is 17.3. The van der Waals surface area contributed by atoms with Gasteiger partial charge in [0.05, 0.1) is 11.9 Å². The molecule has 24 heavy (non-hydrogen) atoms. The Labute approximate surface area is 139 Å². The van der Waals surface area contributed by atoms with Crippen molar-refractivity contribution in [2.24, 2.45) is 0 Å². The summed E-state index contributed by atoms with van der Waals surface area (Å²) in [7, 11) is -3.50. The monoisotopic (exact) mass is 348 g/mol. The average molecular weight is 348 g/mol. The van der Waals surface area contributed by atoms with Crippen LogP contribution in [-0.4, -0.2) is 35.8 Å². The number of fused-ring (bicyclic) bond motifs is 1. The van der Waals surface area contributed by atoms with Gasteiger partial charge in [-0.3, -0.25) is 14.1 Å². The number of hydrogen-bond acceptors (Lipinski definition) is 5. The Kier molecular flexibility index (Phi) is 4.25. The molecule has 1 amide bonds. The van der Waals surface area contributed by atoms with E-state index in [4.69, 9.17) is 9.29 Å². The van der Waals surface area contributed by atoms with Crippen molar-refractivity contribution >= 4 is 16.2 Å². The predicted molar refractivity (Wildman–Crippen MR) is 86.6 cm³/mol. The molecule has 0 aliphatic carbocycles. The van der Waals surface area contributed by atoms with Gasteiger partial charge in [-0.1, -0.05) is 18.2 Å². The maximum absolute atomic E-state index is 11.1. The van der Waals surface area contributed by atoms with Gasteiger partial charge in [-0.2, -0.15) is 8.42 Å². The van der Waals surface area contributed by atoms with Crippen LogP contribution in [0.25, 0.3) is 11.1 Å². The topological polar surface area (TPSA) is 96.8 Å². The van der Waals surface area contributed by atoms with E-state index >= 15 is 0 Å². The van der Waals surface area contributed by atoms with E-state index in [1.165, 1.54) is 4.90 Å². The van der Waals surface area contributed by atoms with Crippen molar-refractivity contribution in [3.63, 3.8) is 0 Å². The fourth-order valence-corrected chi connectivity index (χ4v) is 2.89. The van der Waals surface area contributed by atoms with Gasteiger partial charge in [0, 0.05) is 24.8 Å². The van der Waals surface area contributed by atoms with E-state index in [0.29, 0.717) is 18.8 Å². The summed E-state index contributed by atoms with van der Waals surface area (Å²) in [5.41, 5.74) is 4.31. The Morgan fingerprint density at radius 1 is 1.21 bits per heavy atom. The van der Waals surface area contributed by atoms with E-state index in [1.54, 1.807) is 12.3 Å². The van der Waals surface area contributed by atoms with Crippen molar-refractivity contribution in [1.82, 2.24) is 9.88 Å². The fraction of sp³-hybridized carbons (Fsp3) is 0.250. The van der Waals surface area contributed by atoms with Gasteiger partial charge in [0.1, 0.15) is 6.61 Å². The third-order valence-electron chi connectivity index (χ3n) is 3.78. The molecule has 2 aromatic rings. The summed E-state index contributed by atoms with van der Waals surface area (Å²) in [5, 5.41) is 9.07. The summed E-state index contributed by atoms with van der Waals surface area (Å²) in [6.07, 6.45) is 1.71. The molecule has 7 nitrogen and oxygen atoms in total. The summed E-state index contributed by atoms with van der Waals surface area (Å²) in [6, 6.07) is 9.35. The van der Waals surface area contributed by atoms with Crippen LogP contribution in [0.1, 0.15) is 16.8 Å². The lowest BCUT2D eigenvalue weighted by Crippen LogP contribution is -2.22. The van der Waals surface area contributed by atoms with Crippen LogP contribution in [0.2, 0.25) is 0 Å². The molecule has 0 fully saturated rings. The molecular weight excluding hydrogens is 332 g/mol. The molecule has 1 aromatic heterocycles. The van der Waals surface area contributed by atoms with Gasteiger partial charge >= 0.3 is 6.09 Å². The normalized spacial score (nSPS) is 13.8. The highest BCUT2D eigenvalue weighted by Crippen LogP contribution is 2.28. The average Bonchev–Trinajstić information content (AvgIpc) is 2.96. The first kappa shape index (κ1) is 16.4. The smallest absolute Gasteiger partial charge is 0.407 e. The maximum atomic E-state index is 11.1. The highest BCUT2D eigenvalue weighted by molar-refractivity contribution is 7.85. The number of hydrogen-bond donors (Lipinski definition) is 1. The lowest BCUT2D eigenvalue weighted by atomic mass is 10.0. The molecule has 0 bridgehead atoms. The molecule has 0 radical (unpaired) electrons. The first-order valence-electron chi connectivity index (χ1n) is 7.21. The number of carboxylic acid groups (broad SMARTS) is 1. The number of rotatable bonds is 4. The van der Waals surface area contributed by atoms with Crippen molar-refractivity contribution in [1.29, 1.82) is 0 Å². The lowest BCUT2D eigenvalue weighted by molar-refractivity contribution is 0.145. The molecule has 8 heteroatoms. The highest BCUT2D eigenvalue weighted by atomic mass is 32.2. The Bertz CT molecular complexity index is 878. The number of pyridine rings is 1. The van der Waals surface area contributed by atoms with E-state index in [1.807, 2.05) is 24.3 Å². The van der Waals surface area contributed by atoms with E-state index in [2.05, 4.69) is 4.98 Å². The van der Waals surface area contributed by atoms with Crippen LogP contribution < -0.4 is 0 Å². The zero-order valence-electron chi connectivity index (χ0n) is 13.0. The maximum Gasteiger partial charge on any atom is 0.407 e. The quantitative estimate of drug-likeness (QED) is 0.851. The third-order valence-corrected chi connectivity index (χ3v) is 4.32. The van der Waals surface area contributed by atoms with Crippen molar-refractivity contribution in [3.8, 4) is 11.1 Å². The largest absolute Gasteiger partial charge is 0.465 e. The highest BCUT2D eigenvalue weighted by Gasteiger charge is 2.22.